The van der Waals surface area contributed by atoms with Gasteiger partial charge in [-0.05, 0) is 59.0 Å². The average molecular weight is 397 g/mol. The molecule has 27 heavy (non-hydrogen) atoms. The summed E-state index contributed by atoms with van der Waals surface area (Å²) in [4.78, 5) is 0. The summed E-state index contributed by atoms with van der Waals surface area (Å²) in [5.74, 6) is 1.46. The van der Waals surface area contributed by atoms with E-state index in [1.165, 1.54) is 5.56 Å². The van der Waals surface area contributed by atoms with Crippen LogP contribution in [0, 0.1) is 22.7 Å². The highest BCUT2D eigenvalue weighted by Crippen LogP contribution is 2.49. The highest BCUT2D eigenvalue weighted by atomic mass is 32.2. The molecule has 0 radical (unpaired) electrons. The first-order chi connectivity index (χ1) is 12.2. The number of hydrogen-bond acceptors (Lipinski definition) is 2. The third-order valence-electron chi connectivity index (χ3n) is 6.93. The SMILES string of the molecule is CC(C)C(C)(C)CC(c1ccc(CCCS(=O)(=O)O)cc1)C(C)(C)C(C)C. The first-order valence-electron chi connectivity index (χ1n) is 10.2. The molecule has 0 saturated heterocycles. The van der Waals surface area contributed by atoms with Crippen molar-refractivity contribution in [2.24, 2.45) is 22.7 Å². The second-order valence-electron chi connectivity index (χ2n) is 10.0. The minimum Gasteiger partial charge on any atom is -0.286 e. The van der Waals surface area contributed by atoms with Crippen molar-refractivity contribution in [2.75, 3.05) is 5.75 Å². The quantitative estimate of drug-likeness (QED) is 0.469. The van der Waals surface area contributed by atoms with Gasteiger partial charge in [-0.15, -0.1) is 0 Å². The van der Waals surface area contributed by atoms with Crippen molar-refractivity contribution in [3.8, 4) is 0 Å². The topological polar surface area (TPSA) is 54.4 Å². The normalized spacial score (nSPS) is 14.8. The Morgan fingerprint density at radius 3 is 1.85 bits per heavy atom. The number of aryl methyl sites for hydroxylation is 1. The van der Waals surface area contributed by atoms with Crippen LogP contribution >= 0.6 is 0 Å². The number of rotatable bonds is 10. The molecule has 0 aliphatic heterocycles. The van der Waals surface area contributed by atoms with Gasteiger partial charge in [0.25, 0.3) is 10.1 Å². The van der Waals surface area contributed by atoms with Crippen LogP contribution in [0.1, 0.15) is 85.3 Å². The van der Waals surface area contributed by atoms with Crippen molar-refractivity contribution in [1.82, 2.24) is 0 Å². The smallest absolute Gasteiger partial charge is 0.264 e. The molecule has 0 aliphatic rings. The van der Waals surface area contributed by atoms with Gasteiger partial charge in [0.05, 0.1) is 5.75 Å². The molecular formula is C23H40O3S. The molecule has 156 valence electrons. The van der Waals surface area contributed by atoms with Gasteiger partial charge in [0.1, 0.15) is 0 Å². The van der Waals surface area contributed by atoms with E-state index in [2.05, 4.69) is 79.7 Å². The summed E-state index contributed by atoms with van der Waals surface area (Å²) in [5.41, 5.74) is 2.91. The molecule has 0 saturated carbocycles. The van der Waals surface area contributed by atoms with Crippen LogP contribution < -0.4 is 0 Å². The zero-order valence-corrected chi connectivity index (χ0v) is 19.4. The summed E-state index contributed by atoms with van der Waals surface area (Å²) < 4.78 is 30.6. The molecule has 1 rings (SSSR count). The Bertz CT molecular complexity index is 683. The predicted octanol–water partition coefficient (Wildman–Crippen LogP) is 6.35. The first-order valence-corrected chi connectivity index (χ1v) is 11.8. The van der Waals surface area contributed by atoms with Gasteiger partial charge in [0.15, 0.2) is 0 Å². The molecule has 1 N–H and O–H groups in total. The van der Waals surface area contributed by atoms with E-state index in [0.29, 0.717) is 30.6 Å². The predicted molar refractivity (Wildman–Crippen MR) is 116 cm³/mol. The van der Waals surface area contributed by atoms with Crippen molar-refractivity contribution in [1.29, 1.82) is 0 Å². The third kappa shape index (κ3) is 7.23. The van der Waals surface area contributed by atoms with Crippen LogP contribution in [0.15, 0.2) is 24.3 Å². The molecule has 0 aliphatic carbocycles. The lowest BCUT2D eigenvalue weighted by atomic mass is 9.61. The molecule has 0 heterocycles. The van der Waals surface area contributed by atoms with Gasteiger partial charge < -0.3 is 0 Å². The Kier molecular flexibility index (Phi) is 8.13. The Labute approximate surface area is 167 Å². The molecule has 0 bridgehead atoms. The van der Waals surface area contributed by atoms with E-state index in [-0.39, 0.29) is 16.6 Å². The van der Waals surface area contributed by atoms with Gasteiger partial charge in [-0.2, -0.15) is 8.42 Å². The number of benzene rings is 1. The maximum Gasteiger partial charge on any atom is 0.264 e. The van der Waals surface area contributed by atoms with Crippen LogP contribution in [0.5, 0.6) is 0 Å². The highest BCUT2D eigenvalue weighted by molar-refractivity contribution is 7.85. The van der Waals surface area contributed by atoms with E-state index in [0.717, 1.165) is 12.0 Å². The van der Waals surface area contributed by atoms with E-state index in [9.17, 15) is 8.42 Å². The van der Waals surface area contributed by atoms with Crippen molar-refractivity contribution >= 4 is 10.1 Å². The summed E-state index contributed by atoms with van der Waals surface area (Å²) in [5, 5.41) is 0. The summed E-state index contributed by atoms with van der Waals surface area (Å²) in [7, 11) is -3.87. The molecular weight excluding hydrogens is 356 g/mol. The zero-order valence-electron chi connectivity index (χ0n) is 18.5. The van der Waals surface area contributed by atoms with Crippen LogP contribution in [0.3, 0.4) is 0 Å². The van der Waals surface area contributed by atoms with E-state index in [1.54, 1.807) is 0 Å². The van der Waals surface area contributed by atoms with E-state index in [4.69, 9.17) is 4.55 Å². The molecule has 3 nitrogen and oxygen atoms in total. The van der Waals surface area contributed by atoms with Crippen LogP contribution in [0.2, 0.25) is 0 Å². The van der Waals surface area contributed by atoms with Crippen molar-refractivity contribution in [3.63, 3.8) is 0 Å². The van der Waals surface area contributed by atoms with Crippen LogP contribution in [-0.4, -0.2) is 18.7 Å². The largest absolute Gasteiger partial charge is 0.286 e. The fourth-order valence-corrected chi connectivity index (χ4v) is 3.86. The molecule has 0 aromatic heterocycles. The summed E-state index contributed by atoms with van der Waals surface area (Å²) >= 11 is 0. The van der Waals surface area contributed by atoms with Gasteiger partial charge >= 0.3 is 0 Å². The lowest BCUT2D eigenvalue weighted by molar-refractivity contribution is 0.118. The van der Waals surface area contributed by atoms with Crippen molar-refractivity contribution in [3.05, 3.63) is 35.4 Å². The summed E-state index contributed by atoms with van der Waals surface area (Å²) in [6.07, 6.45) is 2.24. The minimum absolute atomic E-state index is 0.179. The average Bonchev–Trinajstić information content (AvgIpc) is 2.52. The van der Waals surface area contributed by atoms with Gasteiger partial charge in [-0.25, -0.2) is 0 Å². The fourth-order valence-electron chi connectivity index (χ4n) is 3.35. The lowest BCUT2D eigenvalue weighted by Gasteiger charge is -2.44. The molecule has 0 spiro atoms. The molecule has 1 atom stereocenters. The van der Waals surface area contributed by atoms with E-state index in [1.807, 2.05) is 0 Å². The van der Waals surface area contributed by atoms with Crippen molar-refractivity contribution < 1.29 is 13.0 Å². The Hall–Kier alpha value is -0.870. The molecule has 4 heteroatoms. The fraction of sp³-hybridized carbons (Fsp3) is 0.739. The zero-order chi connectivity index (χ0) is 21.0. The highest BCUT2D eigenvalue weighted by Gasteiger charge is 2.38. The van der Waals surface area contributed by atoms with Crippen LogP contribution in [0.25, 0.3) is 0 Å². The Morgan fingerprint density at radius 1 is 0.926 bits per heavy atom. The van der Waals surface area contributed by atoms with Crippen molar-refractivity contribution in [2.45, 2.75) is 80.6 Å². The van der Waals surface area contributed by atoms with E-state index >= 15 is 0 Å². The van der Waals surface area contributed by atoms with Crippen LogP contribution in [0.4, 0.5) is 0 Å². The molecule has 1 aromatic rings. The lowest BCUT2D eigenvalue weighted by Crippen LogP contribution is -2.33. The minimum atomic E-state index is -3.87. The van der Waals surface area contributed by atoms with Gasteiger partial charge in [0.2, 0.25) is 0 Å². The van der Waals surface area contributed by atoms with Gasteiger partial charge in [-0.3, -0.25) is 4.55 Å². The first kappa shape index (κ1) is 24.2. The second-order valence-corrected chi connectivity index (χ2v) is 11.6. The van der Waals surface area contributed by atoms with E-state index < -0.39 is 10.1 Å². The van der Waals surface area contributed by atoms with Gasteiger partial charge in [-0.1, -0.05) is 79.7 Å². The maximum atomic E-state index is 10.9. The standard InChI is InChI=1S/C23H40O3S/c1-17(2)22(5,6)16-21(23(7,8)18(3)4)20-13-11-19(12-14-20)10-9-15-27(24,25)26/h11-14,17-18,21H,9-10,15-16H2,1-8H3,(H,24,25,26). The molecule has 0 amide bonds. The summed E-state index contributed by atoms with van der Waals surface area (Å²) in [6, 6.07) is 8.66. The monoisotopic (exact) mass is 396 g/mol. The van der Waals surface area contributed by atoms with Crippen LogP contribution in [-0.2, 0) is 16.5 Å². The summed E-state index contributed by atoms with van der Waals surface area (Å²) in [6.45, 7) is 18.7. The third-order valence-corrected chi connectivity index (χ3v) is 7.73. The van der Waals surface area contributed by atoms with Gasteiger partial charge in [0, 0.05) is 0 Å². The Balaban J connectivity index is 3.05. The molecule has 1 unspecified atom stereocenters. The molecule has 0 fully saturated rings. The molecule has 1 aromatic carbocycles. The number of hydrogen-bond donors (Lipinski definition) is 1. The Morgan fingerprint density at radius 2 is 1.44 bits per heavy atom. The second kappa shape index (κ2) is 9.09. The maximum absolute atomic E-state index is 10.9.